The van der Waals surface area contributed by atoms with E-state index in [0.717, 1.165) is 14.4 Å². The number of pyridine rings is 2. The predicted octanol–water partition coefficient (Wildman–Crippen LogP) is 4.43. The third-order valence-corrected chi connectivity index (χ3v) is 5.12. The number of nitrogens with zero attached hydrogens (tertiary/aromatic N) is 2. The molecule has 0 spiro atoms. The molecule has 3 rings (SSSR count). The molecule has 0 saturated carbocycles. The van der Waals surface area contributed by atoms with E-state index in [9.17, 15) is 9.59 Å². The Bertz CT molecular complexity index is 987. The van der Waals surface area contributed by atoms with E-state index in [2.05, 4.69) is 26.2 Å². The van der Waals surface area contributed by atoms with Crippen LogP contribution in [0.15, 0.2) is 80.1 Å². The molecule has 0 saturated heterocycles. The number of halogens is 1. The van der Waals surface area contributed by atoms with Gasteiger partial charge >= 0.3 is 0 Å². The number of carbonyl (C=O) groups excluding carboxylic acids is 1. The molecular formula is C19H16BrN3O2S. The summed E-state index contributed by atoms with van der Waals surface area (Å²) in [6.07, 6.45) is 3.37. The molecule has 0 unspecified atom stereocenters. The zero-order valence-electron chi connectivity index (χ0n) is 14.0. The predicted molar refractivity (Wildman–Crippen MR) is 107 cm³/mol. The van der Waals surface area contributed by atoms with Gasteiger partial charge in [-0.15, -0.1) is 0 Å². The molecule has 2 heterocycles. The first-order valence-electron chi connectivity index (χ1n) is 7.97. The molecule has 1 aromatic carbocycles. The van der Waals surface area contributed by atoms with Crippen LogP contribution >= 0.6 is 27.7 Å². The van der Waals surface area contributed by atoms with Crippen LogP contribution < -0.4 is 10.9 Å². The molecule has 0 radical (unpaired) electrons. The Morgan fingerprint density at radius 2 is 2.00 bits per heavy atom. The quantitative estimate of drug-likeness (QED) is 0.651. The van der Waals surface area contributed by atoms with Crippen molar-refractivity contribution < 1.29 is 4.79 Å². The van der Waals surface area contributed by atoms with Gasteiger partial charge < -0.3 is 9.88 Å². The fraction of sp³-hybridized carbons (Fsp3) is 0.105. The summed E-state index contributed by atoms with van der Waals surface area (Å²) in [6.45, 7) is 2.42. The van der Waals surface area contributed by atoms with Crippen molar-refractivity contribution in [3.63, 3.8) is 0 Å². The van der Waals surface area contributed by atoms with Crippen molar-refractivity contribution >= 4 is 39.3 Å². The summed E-state index contributed by atoms with van der Waals surface area (Å²) in [4.78, 5) is 29.5. The largest absolute Gasteiger partial charge is 0.321 e. The molecule has 0 bridgehead atoms. The minimum atomic E-state index is -0.230. The van der Waals surface area contributed by atoms with E-state index >= 15 is 0 Å². The van der Waals surface area contributed by atoms with Crippen LogP contribution in [-0.2, 0) is 6.54 Å². The van der Waals surface area contributed by atoms with Gasteiger partial charge in [0.25, 0.3) is 11.5 Å². The molecule has 0 aliphatic carbocycles. The van der Waals surface area contributed by atoms with Crippen molar-refractivity contribution in [2.24, 2.45) is 0 Å². The lowest BCUT2D eigenvalue weighted by Crippen LogP contribution is -2.20. The summed E-state index contributed by atoms with van der Waals surface area (Å²) in [5, 5.41) is 3.65. The zero-order chi connectivity index (χ0) is 18.5. The van der Waals surface area contributed by atoms with E-state index in [-0.39, 0.29) is 11.5 Å². The van der Waals surface area contributed by atoms with E-state index in [4.69, 9.17) is 0 Å². The second-order valence-electron chi connectivity index (χ2n) is 5.41. The number of rotatable bonds is 5. The Labute approximate surface area is 163 Å². The van der Waals surface area contributed by atoms with Gasteiger partial charge in [-0.3, -0.25) is 9.59 Å². The topological polar surface area (TPSA) is 64.0 Å². The summed E-state index contributed by atoms with van der Waals surface area (Å²) in [7, 11) is 0. The van der Waals surface area contributed by atoms with Gasteiger partial charge in [-0.05, 0) is 53.2 Å². The molecule has 3 aromatic rings. The molecule has 26 heavy (non-hydrogen) atoms. The molecule has 2 aromatic heterocycles. The van der Waals surface area contributed by atoms with E-state index in [0.29, 0.717) is 17.8 Å². The number of aromatic nitrogens is 2. The van der Waals surface area contributed by atoms with Crippen molar-refractivity contribution in [2.45, 2.75) is 23.4 Å². The maximum Gasteiger partial charge on any atom is 0.256 e. The summed E-state index contributed by atoms with van der Waals surface area (Å²) < 4.78 is 2.45. The second kappa shape index (κ2) is 8.33. The number of nitrogens with one attached hydrogen (secondary N) is 1. The van der Waals surface area contributed by atoms with Crippen LogP contribution in [0.5, 0.6) is 0 Å². The molecular weight excluding hydrogens is 414 g/mol. The van der Waals surface area contributed by atoms with Crippen LogP contribution in [0.25, 0.3) is 0 Å². The maximum atomic E-state index is 12.7. The molecule has 7 heteroatoms. The van der Waals surface area contributed by atoms with Crippen LogP contribution in [0, 0.1) is 0 Å². The van der Waals surface area contributed by atoms with Crippen molar-refractivity contribution in [3.8, 4) is 0 Å². The molecule has 5 nitrogen and oxygen atoms in total. The van der Waals surface area contributed by atoms with Crippen LogP contribution in [0.4, 0.5) is 5.69 Å². The monoisotopic (exact) mass is 429 g/mol. The van der Waals surface area contributed by atoms with Crippen LogP contribution in [0.3, 0.4) is 0 Å². The van der Waals surface area contributed by atoms with E-state index in [1.807, 2.05) is 37.3 Å². The Kier molecular flexibility index (Phi) is 5.90. The maximum absolute atomic E-state index is 12.7. The lowest BCUT2D eigenvalue weighted by atomic mass is 10.2. The Balaban J connectivity index is 1.83. The summed E-state index contributed by atoms with van der Waals surface area (Å²) in [6, 6.07) is 14.2. The van der Waals surface area contributed by atoms with Crippen LogP contribution in [0.1, 0.15) is 17.3 Å². The minimum Gasteiger partial charge on any atom is -0.321 e. The van der Waals surface area contributed by atoms with Gasteiger partial charge in [0.15, 0.2) is 0 Å². The Morgan fingerprint density at radius 1 is 1.19 bits per heavy atom. The van der Waals surface area contributed by atoms with Crippen molar-refractivity contribution in [1.29, 1.82) is 0 Å². The van der Waals surface area contributed by atoms with Gasteiger partial charge in [0.1, 0.15) is 5.03 Å². The van der Waals surface area contributed by atoms with Crippen molar-refractivity contribution in [3.05, 3.63) is 81.3 Å². The second-order valence-corrected chi connectivity index (χ2v) is 7.39. The lowest BCUT2D eigenvalue weighted by molar-refractivity contribution is 0.102. The first-order chi connectivity index (χ1) is 12.6. The normalized spacial score (nSPS) is 10.5. The van der Waals surface area contributed by atoms with Gasteiger partial charge in [-0.1, -0.05) is 23.9 Å². The highest BCUT2D eigenvalue weighted by atomic mass is 79.9. The van der Waals surface area contributed by atoms with Gasteiger partial charge in [-0.25, -0.2) is 4.98 Å². The molecule has 0 fully saturated rings. The lowest BCUT2D eigenvalue weighted by Gasteiger charge is -2.11. The van der Waals surface area contributed by atoms with E-state index in [1.54, 1.807) is 29.1 Å². The average Bonchev–Trinajstić information content (AvgIpc) is 2.65. The number of anilines is 1. The number of hydrogen-bond donors (Lipinski definition) is 1. The number of aryl methyl sites for hydroxylation is 1. The molecule has 1 amide bonds. The molecule has 0 aliphatic rings. The third-order valence-electron chi connectivity index (χ3n) is 3.63. The highest BCUT2D eigenvalue weighted by molar-refractivity contribution is 9.10. The molecule has 132 valence electrons. The number of carbonyl (C=O) groups is 1. The Morgan fingerprint density at radius 3 is 2.73 bits per heavy atom. The standard InChI is InChI=1S/C19H16BrN3O2S/c1-2-23-12-14(8-10-18(23)24)22-19(25)15-5-3-4-6-16(15)26-17-9-7-13(20)11-21-17/h3-12H,2H2,1H3,(H,22,25). The first-order valence-corrected chi connectivity index (χ1v) is 9.58. The van der Waals surface area contributed by atoms with Crippen LogP contribution in [0.2, 0.25) is 0 Å². The number of hydrogen-bond acceptors (Lipinski definition) is 4. The van der Waals surface area contributed by atoms with Gasteiger partial charge in [0.2, 0.25) is 0 Å². The van der Waals surface area contributed by atoms with Gasteiger partial charge in [-0.2, -0.15) is 0 Å². The third kappa shape index (κ3) is 4.42. The number of amides is 1. The summed E-state index contributed by atoms with van der Waals surface area (Å²) in [5.74, 6) is -0.230. The fourth-order valence-electron chi connectivity index (χ4n) is 2.33. The van der Waals surface area contributed by atoms with E-state index in [1.165, 1.54) is 17.8 Å². The SMILES string of the molecule is CCn1cc(NC(=O)c2ccccc2Sc2ccc(Br)cn2)ccc1=O. The molecule has 0 aliphatic heterocycles. The first kappa shape index (κ1) is 18.4. The van der Waals surface area contributed by atoms with Gasteiger partial charge in [0.05, 0.1) is 11.3 Å². The van der Waals surface area contributed by atoms with Crippen molar-refractivity contribution in [1.82, 2.24) is 9.55 Å². The van der Waals surface area contributed by atoms with Crippen molar-refractivity contribution in [2.75, 3.05) is 5.32 Å². The molecule has 0 atom stereocenters. The highest BCUT2D eigenvalue weighted by Crippen LogP contribution is 2.30. The zero-order valence-corrected chi connectivity index (χ0v) is 16.4. The van der Waals surface area contributed by atoms with Gasteiger partial charge in [0, 0.05) is 34.4 Å². The smallest absolute Gasteiger partial charge is 0.256 e. The molecule has 1 N–H and O–H groups in total. The fourth-order valence-corrected chi connectivity index (χ4v) is 3.45. The summed E-state index contributed by atoms with van der Waals surface area (Å²) >= 11 is 4.79. The number of benzene rings is 1. The average molecular weight is 430 g/mol. The highest BCUT2D eigenvalue weighted by Gasteiger charge is 2.13. The van der Waals surface area contributed by atoms with E-state index < -0.39 is 0 Å². The summed E-state index contributed by atoms with van der Waals surface area (Å²) in [5.41, 5.74) is 1.04. The minimum absolute atomic E-state index is 0.0947. The van der Waals surface area contributed by atoms with Crippen LogP contribution in [-0.4, -0.2) is 15.5 Å². The Hall–Kier alpha value is -2.38.